The van der Waals surface area contributed by atoms with Crippen molar-refractivity contribution in [3.8, 4) is 0 Å². The molecule has 1 saturated heterocycles. The van der Waals surface area contributed by atoms with Crippen molar-refractivity contribution in [1.82, 2.24) is 4.90 Å². The number of methoxy groups -OCH3 is 3. The minimum absolute atomic E-state index is 0.0686. The summed E-state index contributed by atoms with van der Waals surface area (Å²) in [6.07, 6.45) is -0.669. The van der Waals surface area contributed by atoms with E-state index in [0.717, 1.165) is 17.6 Å². The summed E-state index contributed by atoms with van der Waals surface area (Å²) >= 11 is 0. The van der Waals surface area contributed by atoms with E-state index in [1.807, 2.05) is 6.07 Å². The lowest BCUT2D eigenvalue weighted by Crippen LogP contribution is -2.61. The summed E-state index contributed by atoms with van der Waals surface area (Å²) in [5.74, 6) is -3.23. The minimum Gasteiger partial charge on any atom is -0.469 e. The van der Waals surface area contributed by atoms with Gasteiger partial charge in [-0.3, -0.25) is 9.69 Å². The topological polar surface area (TPSA) is 108 Å². The van der Waals surface area contributed by atoms with Crippen LogP contribution in [0.25, 0.3) is 0 Å². The Hall–Kier alpha value is -3.10. The van der Waals surface area contributed by atoms with Crippen molar-refractivity contribution in [2.24, 2.45) is 5.92 Å². The molecule has 2 rings (SSSR count). The van der Waals surface area contributed by atoms with Crippen molar-refractivity contribution < 1.29 is 38.1 Å². The largest absolute Gasteiger partial charge is 0.469 e. The number of nitrogens with zero attached hydrogens (tertiary/aromatic N) is 1. The second kappa shape index (κ2) is 9.72. The number of hydrogen-bond donors (Lipinski definition) is 0. The van der Waals surface area contributed by atoms with Gasteiger partial charge in [-0.25, -0.2) is 14.4 Å². The third-order valence-electron chi connectivity index (χ3n) is 4.60. The summed E-state index contributed by atoms with van der Waals surface area (Å²) in [5.41, 5.74) is 0.724. The molecule has 1 aromatic rings. The fraction of sp³-hybridized carbons (Fsp3) is 0.474. The van der Waals surface area contributed by atoms with Gasteiger partial charge in [0.15, 0.2) is 0 Å². The molecular formula is C19H23NO8. The van der Waals surface area contributed by atoms with Gasteiger partial charge in [0.2, 0.25) is 0 Å². The first-order valence-corrected chi connectivity index (χ1v) is 8.67. The lowest BCUT2D eigenvalue weighted by Gasteiger charge is -2.41. The Balaban J connectivity index is 2.33. The quantitative estimate of drug-likeness (QED) is 0.544. The molecule has 1 fully saturated rings. The van der Waals surface area contributed by atoms with Gasteiger partial charge in [0.05, 0.1) is 27.2 Å². The van der Waals surface area contributed by atoms with Crippen molar-refractivity contribution in [2.75, 3.05) is 21.3 Å². The maximum Gasteiger partial charge on any atom is 0.411 e. The van der Waals surface area contributed by atoms with Crippen LogP contribution in [0.4, 0.5) is 4.79 Å². The second-order valence-electron chi connectivity index (χ2n) is 6.16. The van der Waals surface area contributed by atoms with E-state index in [-0.39, 0.29) is 19.4 Å². The number of carbonyl (C=O) groups is 4. The van der Waals surface area contributed by atoms with Gasteiger partial charge >= 0.3 is 24.0 Å². The normalized spacial score (nSPS) is 21.4. The highest BCUT2D eigenvalue weighted by Crippen LogP contribution is 2.31. The monoisotopic (exact) mass is 393 g/mol. The molecule has 1 heterocycles. The highest BCUT2D eigenvalue weighted by molar-refractivity contribution is 5.91. The van der Waals surface area contributed by atoms with E-state index in [1.165, 1.54) is 14.2 Å². The summed E-state index contributed by atoms with van der Waals surface area (Å²) in [7, 11) is 3.49. The molecule has 9 nitrogen and oxygen atoms in total. The van der Waals surface area contributed by atoms with Gasteiger partial charge in [0.25, 0.3) is 0 Å². The Kier molecular flexibility index (Phi) is 7.36. The van der Waals surface area contributed by atoms with Crippen LogP contribution in [-0.4, -0.2) is 62.3 Å². The molecule has 28 heavy (non-hydrogen) atoms. The number of likely N-dealkylation sites (tertiary alicyclic amines) is 1. The van der Waals surface area contributed by atoms with Crippen LogP contribution in [0.5, 0.6) is 0 Å². The first-order chi connectivity index (χ1) is 13.4. The lowest BCUT2D eigenvalue weighted by molar-refractivity contribution is -0.167. The molecule has 0 radical (unpaired) electrons. The predicted molar refractivity (Wildman–Crippen MR) is 94.8 cm³/mol. The predicted octanol–water partition coefficient (Wildman–Crippen LogP) is 1.29. The zero-order valence-corrected chi connectivity index (χ0v) is 16.0. The van der Waals surface area contributed by atoms with E-state index in [4.69, 9.17) is 18.9 Å². The van der Waals surface area contributed by atoms with Crippen LogP contribution in [0.1, 0.15) is 18.4 Å². The second-order valence-corrected chi connectivity index (χ2v) is 6.16. The summed E-state index contributed by atoms with van der Waals surface area (Å²) in [4.78, 5) is 50.5. The van der Waals surface area contributed by atoms with Gasteiger partial charge in [0, 0.05) is 0 Å². The SMILES string of the molecule is COC(=O)[C@H]1CC[C@@H](C(=O)OC)N(C(=O)OCc2ccccc2)[C@@H]1C(=O)OC. The number of carbonyl (C=O) groups excluding carboxylic acids is 4. The van der Waals surface area contributed by atoms with Gasteiger partial charge in [0.1, 0.15) is 18.7 Å². The fourth-order valence-corrected chi connectivity index (χ4v) is 3.22. The number of piperidine rings is 1. The van der Waals surface area contributed by atoms with E-state index in [9.17, 15) is 19.2 Å². The van der Waals surface area contributed by atoms with Crippen LogP contribution in [0.3, 0.4) is 0 Å². The highest BCUT2D eigenvalue weighted by atomic mass is 16.6. The average Bonchev–Trinajstić information content (AvgIpc) is 2.75. The van der Waals surface area contributed by atoms with E-state index in [2.05, 4.69) is 0 Å². The Morgan fingerprint density at radius 3 is 2.07 bits per heavy atom. The molecule has 1 aliphatic rings. The molecule has 0 bridgehead atoms. The molecule has 1 aromatic carbocycles. The summed E-state index contributed by atoms with van der Waals surface area (Å²) in [5, 5.41) is 0. The molecule has 0 unspecified atom stereocenters. The molecule has 9 heteroatoms. The number of hydrogen-bond acceptors (Lipinski definition) is 8. The zero-order chi connectivity index (χ0) is 20.7. The van der Waals surface area contributed by atoms with Gasteiger partial charge in [-0.2, -0.15) is 0 Å². The van der Waals surface area contributed by atoms with E-state index >= 15 is 0 Å². The number of ether oxygens (including phenoxy) is 4. The summed E-state index contributed by atoms with van der Waals surface area (Å²) in [6, 6.07) is 6.46. The number of esters is 3. The van der Waals surface area contributed by atoms with Crippen LogP contribution in [0.15, 0.2) is 30.3 Å². The Morgan fingerprint density at radius 2 is 1.50 bits per heavy atom. The Morgan fingerprint density at radius 1 is 0.893 bits per heavy atom. The fourth-order valence-electron chi connectivity index (χ4n) is 3.22. The van der Waals surface area contributed by atoms with Crippen LogP contribution in [0, 0.1) is 5.92 Å². The molecule has 1 amide bonds. The molecule has 0 saturated carbocycles. The third-order valence-corrected chi connectivity index (χ3v) is 4.60. The van der Waals surface area contributed by atoms with E-state index in [0.29, 0.717) is 0 Å². The van der Waals surface area contributed by atoms with Crippen molar-refractivity contribution in [2.45, 2.75) is 31.5 Å². The molecule has 0 N–H and O–H groups in total. The summed E-state index contributed by atoms with van der Waals surface area (Å²) < 4.78 is 19.6. The van der Waals surface area contributed by atoms with Crippen LogP contribution in [0.2, 0.25) is 0 Å². The Bertz CT molecular complexity index is 720. The molecule has 3 atom stereocenters. The molecule has 152 valence electrons. The zero-order valence-electron chi connectivity index (χ0n) is 16.0. The molecule has 1 aliphatic heterocycles. The summed E-state index contributed by atoms with van der Waals surface area (Å²) in [6.45, 7) is -0.0686. The average molecular weight is 393 g/mol. The van der Waals surface area contributed by atoms with Gasteiger partial charge in [-0.05, 0) is 18.4 Å². The van der Waals surface area contributed by atoms with Crippen molar-refractivity contribution in [3.05, 3.63) is 35.9 Å². The highest BCUT2D eigenvalue weighted by Gasteiger charge is 2.51. The van der Waals surface area contributed by atoms with Crippen molar-refractivity contribution in [1.29, 1.82) is 0 Å². The molecule has 0 spiro atoms. The maximum absolute atomic E-state index is 12.8. The van der Waals surface area contributed by atoms with Crippen molar-refractivity contribution >= 4 is 24.0 Å². The lowest BCUT2D eigenvalue weighted by atomic mass is 9.85. The number of benzene rings is 1. The smallest absolute Gasteiger partial charge is 0.411 e. The third kappa shape index (κ3) is 4.59. The Labute approximate surface area is 162 Å². The van der Waals surface area contributed by atoms with Crippen LogP contribution in [-0.2, 0) is 39.9 Å². The standard InChI is InChI=1S/C19H23NO8/c1-25-16(21)13-9-10-14(17(22)26-2)20(15(13)18(23)27-3)19(24)28-11-12-7-5-4-6-8-12/h4-8,13-15H,9-11H2,1-3H3/t13-,14-,15-/m0/s1. The first kappa shape index (κ1) is 21.2. The van der Waals surface area contributed by atoms with Gasteiger partial charge in [-0.1, -0.05) is 30.3 Å². The number of rotatable bonds is 5. The maximum atomic E-state index is 12.8. The number of amides is 1. The van der Waals surface area contributed by atoms with Crippen LogP contribution >= 0.6 is 0 Å². The van der Waals surface area contributed by atoms with E-state index < -0.39 is 42.0 Å². The van der Waals surface area contributed by atoms with Crippen molar-refractivity contribution in [3.63, 3.8) is 0 Å². The first-order valence-electron chi connectivity index (χ1n) is 8.67. The van der Waals surface area contributed by atoms with Crippen LogP contribution < -0.4 is 0 Å². The van der Waals surface area contributed by atoms with Gasteiger partial charge in [-0.15, -0.1) is 0 Å². The minimum atomic E-state index is -1.36. The molecular weight excluding hydrogens is 370 g/mol. The van der Waals surface area contributed by atoms with E-state index in [1.54, 1.807) is 24.3 Å². The molecule has 0 aliphatic carbocycles. The molecule has 0 aromatic heterocycles. The van der Waals surface area contributed by atoms with Gasteiger partial charge < -0.3 is 18.9 Å².